The summed E-state index contributed by atoms with van der Waals surface area (Å²) in [4.78, 5) is 1.49. The second-order valence-electron chi connectivity index (χ2n) is 3.14. The van der Waals surface area contributed by atoms with Gasteiger partial charge in [0.2, 0.25) is 0 Å². The number of hydrogen-bond acceptors (Lipinski definition) is 5. The zero-order valence-corrected chi connectivity index (χ0v) is 15.9. The van der Waals surface area contributed by atoms with Crippen LogP contribution < -0.4 is 40.1 Å². The summed E-state index contributed by atoms with van der Waals surface area (Å²) in [5, 5.41) is 16.3. The van der Waals surface area contributed by atoms with Crippen molar-refractivity contribution in [2.24, 2.45) is 0 Å². The predicted octanol–water partition coefficient (Wildman–Crippen LogP) is -1.07. The van der Waals surface area contributed by atoms with Gasteiger partial charge >= 0.3 is 29.6 Å². The van der Waals surface area contributed by atoms with Crippen LogP contribution in [-0.4, -0.2) is 16.0 Å². The van der Waals surface area contributed by atoms with E-state index >= 15 is 0 Å². The van der Waals surface area contributed by atoms with Gasteiger partial charge in [0.15, 0.2) is 0 Å². The van der Waals surface area contributed by atoms with Gasteiger partial charge in [0.25, 0.3) is 0 Å². The number of hydrogen-bond donors (Lipinski definition) is 1. The molecule has 0 radical (unpaired) electrons. The number of nitrogens with one attached hydrogen (secondary N) is 1. The molecule has 1 rings (SSSR count). The minimum absolute atomic E-state index is 0. The summed E-state index contributed by atoms with van der Waals surface area (Å²) in [5.74, 6) is 0. The second-order valence-corrected chi connectivity index (χ2v) is 5.37. The van der Waals surface area contributed by atoms with Gasteiger partial charge in [-0.05, 0) is 18.6 Å². The molecule has 1 N–H and O–H groups in total. The van der Waals surface area contributed by atoms with Gasteiger partial charge in [0.1, 0.15) is 4.99 Å². The van der Waals surface area contributed by atoms with Crippen LogP contribution in [0.1, 0.15) is 11.1 Å². The van der Waals surface area contributed by atoms with Crippen LogP contribution in [0.5, 0.6) is 0 Å². The molecule has 0 amide bonds. The smallest absolute Gasteiger partial charge is 0.691 e. The minimum Gasteiger partial charge on any atom is -0.691 e. The van der Waals surface area contributed by atoms with Crippen LogP contribution >= 0.6 is 46.9 Å². The zero-order valence-electron chi connectivity index (χ0n) is 10.1. The van der Waals surface area contributed by atoms with Crippen LogP contribution in [0.25, 0.3) is 0 Å². The first kappa shape index (κ1) is 19.1. The van der Waals surface area contributed by atoms with E-state index in [-0.39, 0.29) is 29.6 Å². The minimum atomic E-state index is 0. The maximum atomic E-state index is 9.79. The number of halogens is 1. The third-order valence-electron chi connectivity index (χ3n) is 1.98. The van der Waals surface area contributed by atoms with Crippen molar-refractivity contribution in [3.63, 3.8) is 0 Å². The Labute approximate surface area is 152 Å². The number of alkyl halides is 1. The molecule has 0 aliphatic carbocycles. The summed E-state index contributed by atoms with van der Waals surface area (Å²) >= 11 is 8.40. The van der Waals surface area contributed by atoms with Gasteiger partial charge in [-0.15, -0.1) is 0 Å². The largest absolute Gasteiger partial charge is 1.00 e. The van der Waals surface area contributed by atoms with Crippen molar-refractivity contribution >= 4 is 51.8 Å². The monoisotopic (exact) mass is 407 g/mol. The van der Waals surface area contributed by atoms with Crippen LogP contribution in [0.2, 0.25) is 0 Å². The molecule has 0 aliphatic heterocycles. The number of aryl methyl sites for hydroxylation is 1. The molecule has 0 heterocycles. The van der Waals surface area contributed by atoms with E-state index in [0.717, 1.165) is 39.0 Å². The van der Waals surface area contributed by atoms with E-state index in [1.807, 2.05) is 25.1 Å². The Kier molecular flexibility index (Phi) is 11.5. The normalized spacial score (nSPS) is 9.72. The summed E-state index contributed by atoms with van der Waals surface area (Å²) in [6, 6.07) is 5.71. The predicted molar refractivity (Wildman–Crippen MR) is 77.8 cm³/mol. The number of benzene rings is 1. The maximum Gasteiger partial charge on any atom is 1.00 e. The van der Waals surface area contributed by atoms with Crippen LogP contribution in [0.4, 0.5) is 0 Å². The van der Waals surface area contributed by atoms with E-state index in [2.05, 4.69) is 37.3 Å². The van der Waals surface area contributed by atoms with E-state index in [1.165, 1.54) is 0 Å². The summed E-state index contributed by atoms with van der Waals surface area (Å²) in [7, 11) is 0. The maximum absolute atomic E-state index is 9.79. The molecule has 0 saturated carbocycles. The fourth-order valence-corrected chi connectivity index (χ4v) is 2.12. The average molecular weight is 407 g/mol. The molecule has 0 bridgehead atoms. The number of rotatable bonds is 6. The molecule has 18 heavy (non-hydrogen) atoms. The molecule has 0 atom stereocenters. The van der Waals surface area contributed by atoms with Gasteiger partial charge in [0, 0.05) is 21.4 Å². The summed E-state index contributed by atoms with van der Waals surface area (Å²) in [5.41, 5.74) is 1.89. The Morgan fingerprint density at radius 2 is 2.28 bits per heavy atom. The van der Waals surface area contributed by atoms with Gasteiger partial charge < -0.3 is 10.6 Å². The zero-order chi connectivity index (χ0) is 12.7. The quantitative estimate of drug-likeness (QED) is 0.123. The van der Waals surface area contributed by atoms with Gasteiger partial charge in [-0.3, -0.25) is 5.04 Å². The molecule has 0 saturated heterocycles. The van der Waals surface area contributed by atoms with Gasteiger partial charge in [-0.25, -0.2) is 0 Å². The topological polar surface area (TPSA) is 53.5 Å². The van der Waals surface area contributed by atoms with Crippen LogP contribution in [0, 0.1) is 6.92 Å². The molecular formula is C10H11INNaO3S2. The molecule has 0 fully saturated rings. The first-order valence-corrected chi connectivity index (χ1v) is 7.44. The van der Waals surface area contributed by atoms with Gasteiger partial charge in [-0.1, -0.05) is 46.9 Å². The molecule has 94 valence electrons. The first-order chi connectivity index (χ1) is 8.19. The SMILES string of the molecule is Cc1ccc(C(=S)NCCI)cc1SOO[O-].[Na+]. The molecule has 0 aliphatic rings. The Hall–Kier alpha value is 1.07. The molecule has 1 aromatic carbocycles. The molecule has 8 heteroatoms. The second kappa shape index (κ2) is 10.8. The Balaban J connectivity index is 0.00000289. The summed E-state index contributed by atoms with van der Waals surface area (Å²) < 4.78 is 5.30. The van der Waals surface area contributed by atoms with Crippen molar-refractivity contribution in [3.05, 3.63) is 29.3 Å². The standard InChI is InChI=1S/C10H12INO3S2.Na/c1-7-2-3-8(10(16)12-5-4-11)6-9(7)17-15-14-13;/h2-3,6,13H,4-5H2,1H3,(H,12,16);/q;+1/p-1. The molecule has 4 nitrogen and oxygen atoms in total. The van der Waals surface area contributed by atoms with Crippen LogP contribution in [0.15, 0.2) is 23.1 Å². The third kappa shape index (κ3) is 6.49. The average Bonchev–Trinajstić information content (AvgIpc) is 2.35. The molecule has 0 unspecified atom stereocenters. The van der Waals surface area contributed by atoms with E-state index in [4.69, 9.17) is 12.2 Å². The third-order valence-corrected chi connectivity index (χ3v) is 3.64. The van der Waals surface area contributed by atoms with E-state index in [0.29, 0.717) is 4.99 Å². The van der Waals surface area contributed by atoms with E-state index in [1.54, 1.807) is 0 Å². The summed E-state index contributed by atoms with van der Waals surface area (Å²) in [6.07, 6.45) is 0. The van der Waals surface area contributed by atoms with Crippen LogP contribution in [0.3, 0.4) is 0 Å². The molecule has 0 spiro atoms. The molecule has 1 aromatic rings. The van der Waals surface area contributed by atoms with Crippen molar-refractivity contribution in [3.8, 4) is 0 Å². The molecule has 0 aromatic heterocycles. The Morgan fingerprint density at radius 3 is 2.89 bits per heavy atom. The van der Waals surface area contributed by atoms with Gasteiger partial charge in [-0.2, -0.15) is 4.33 Å². The fraction of sp³-hybridized carbons (Fsp3) is 0.300. The first-order valence-electron chi connectivity index (χ1n) is 4.77. The van der Waals surface area contributed by atoms with E-state index < -0.39 is 0 Å². The summed E-state index contributed by atoms with van der Waals surface area (Å²) in [6.45, 7) is 2.75. The van der Waals surface area contributed by atoms with Crippen molar-refractivity contribution in [1.29, 1.82) is 0 Å². The van der Waals surface area contributed by atoms with Gasteiger partial charge in [0.05, 0.1) is 12.0 Å². The van der Waals surface area contributed by atoms with Crippen molar-refractivity contribution < 1.29 is 44.2 Å². The Morgan fingerprint density at radius 1 is 1.56 bits per heavy atom. The van der Waals surface area contributed by atoms with Crippen molar-refractivity contribution in [2.75, 3.05) is 11.0 Å². The molecular weight excluding hydrogens is 396 g/mol. The Bertz CT molecular complexity index is 395. The van der Waals surface area contributed by atoms with E-state index in [9.17, 15) is 5.26 Å². The van der Waals surface area contributed by atoms with Crippen molar-refractivity contribution in [2.45, 2.75) is 11.8 Å². The number of thiocarbonyl (C=S) groups is 1. The fourth-order valence-electron chi connectivity index (χ4n) is 1.14. The van der Waals surface area contributed by atoms with Crippen molar-refractivity contribution in [1.82, 2.24) is 5.32 Å². The van der Waals surface area contributed by atoms with Crippen LogP contribution in [-0.2, 0) is 9.37 Å².